The van der Waals surface area contributed by atoms with E-state index in [4.69, 9.17) is 46.4 Å². The SMILES string of the molecule is CN(c1nc(C(F)(F)F)ccc1Cl)N1C(=O)C2CC=C3C(CC4(Cl)C(=O)N(CBr)C(=O)C4(Cl)C3c3ccc(O)cc3Cl)C2C1=O. The number of fused-ring (bicyclic) bond motifs is 4. The molecule has 1 N–H and O–H groups in total. The van der Waals surface area contributed by atoms with Crippen LogP contribution in [0.25, 0.3) is 0 Å². The molecule has 0 bridgehead atoms. The van der Waals surface area contributed by atoms with Crippen LogP contribution in [0.15, 0.2) is 42.0 Å². The highest BCUT2D eigenvalue weighted by Gasteiger charge is 2.76. The number of likely N-dealkylation sites (tertiary alicyclic amines) is 1. The Balaban J connectivity index is 1.47. The van der Waals surface area contributed by atoms with E-state index >= 15 is 0 Å². The summed E-state index contributed by atoms with van der Waals surface area (Å²) >= 11 is 30.2. The molecule has 3 heterocycles. The van der Waals surface area contributed by atoms with E-state index in [1.165, 1.54) is 25.2 Å². The number of imide groups is 2. The maximum atomic E-state index is 14.1. The van der Waals surface area contributed by atoms with Crippen molar-refractivity contribution in [3.8, 4) is 5.75 Å². The average molecular weight is 771 g/mol. The number of amides is 4. The van der Waals surface area contributed by atoms with Crippen molar-refractivity contribution in [2.45, 2.75) is 34.7 Å². The molecule has 17 heteroatoms. The van der Waals surface area contributed by atoms with Gasteiger partial charge in [-0.15, -0.1) is 23.2 Å². The first kappa shape index (κ1) is 32.4. The standard InChI is InChI=1S/C28H20BrCl4F3N4O5/c1-38(21-16(30)6-7-18(37-21)28(34,35)36)40-22(42)14-5-4-12-15(19(14)23(40)43)9-26(32)24(44)39(10-29)25(45)27(26,33)20(12)13-3-2-11(41)8-17(13)31/h2-4,6-8,14-15,19-20,41H,5,9-10H2,1H3. The molecule has 2 saturated heterocycles. The molecule has 9 nitrogen and oxygen atoms in total. The van der Waals surface area contributed by atoms with Crippen LogP contribution in [0.5, 0.6) is 5.75 Å². The fourth-order valence-electron chi connectivity index (χ4n) is 7.04. The molecule has 2 aliphatic carbocycles. The lowest BCUT2D eigenvalue weighted by atomic mass is 9.56. The largest absolute Gasteiger partial charge is 0.508 e. The monoisotopic (exact) mass is 768 g/mol. The van der Waals surface area contributed by atoms with Gasteiger partial charge in [0.05, 0.1) is 22.3 Å². The van der Waals surface area contributed by atoms with Crippen molar-refractivity contribution < 1.29 is 37.5 Å². The zero-order chi connectivity index (χ0) is 33.0. The first-order valence-electron chi connectivity index (χ1n) is 13.3. The minimum absolute atomic E-state index is 0.00603. The molecular formula is C28H20BrCl4F3N4O5. The van der Waals surface area contributed by atoms with E-state index in [1.54, 1.807) is 6.08 Å². The molecule has 2 aromatic rings. The van der Waals surface area contributed by atoms with Crippen molar-refractivity contribution in [3.63, 3.8) is 0 Å². The quantitative estimate of drug-likeness (QED) is 0.179. The molecule has 4 aliphatic rings. The lowest BCUT2D eigenvalue weighted by Crippen LogP contribution is -2.60. The third-order valence-corrected chi connectivity index (χ3v) is 11.5. The third kappa shape index (κ3) is 4.44. The molecule has 1 aromatic carbocycles. The van der Waals surface area contributed by atoms with E-state index in [0.29, 0.717) is 16.6 Å². The highest BCUT2D eigenvalue weighted by atomic mass is 79.9. The molecule has 4 amide bonds. The first-order valence-corrected chi connectivity index (χ1v) is 16.0. The summed E-state index contributed by atoms with van der Waals surface area (Å²) in [7, 11) is 1.19. The summed E-state index contributed by atoms with van der Waals surface area (Å²) < 4.78 is 40.4. The van der Waals surface area contributed by atoms with Crippen LogP contribution < -0.4 is 5.01 Å². The number of allylic oxidation sites excluding steroid dienone is 2. The van der Waals surface area contributed by atoms with Crippen molar-refractivity contribution in [1.82, 2.24) is 14.9 Å². The summed E-state index contributed by atoms with van der Waals surface area (Å²) in [6.45, 7) is 0. The van der Waals surface area contributed by atoms with Crippen LogP contribution in [0, 0.1) is 17.8 Å². The van der Waals surface area contributed by atoms with Crippen molar-refractivity contribution in [2.24, 2.45) is 17.8 Å². The zero-order valence-corrected chi connectivity index (χ0v) is 27.4. The zero-order valence-electron chi connectivity index (χ0n) is 22.8. The molecule has 6 unspecified atom stereocenters. The van der Waals surface area contributed by atoms with Gasteiger partial charge in [-0.25, -0.2) is 4.98 Å². The summed E-state index contributed by atoms with van der Waals surface area (Å²) in [5.74, 6) is -7.99. The highest BCUT2D eigenvalue weighted by Crippen LogP contribution is 2.66. The number of aromatic nitrogens is 1. The van der Waals surface area contributed by atoms with E-state index in [-0.39, 0.29) is 39.7 Å². The van der Waals surface area contributed by atoms with Gasteiger partial charge in [0.1, 0.15) is 11.4 Å². The van der Waals surface area contributed by atoms with Gasteiger partial charge >= 0.3 is 6.18 Å². The molecule has 6 atom stereocenters. The predicted molar refractivity (Wildman–Crippen MR) is 161 cm³/mol. The maximum Gasteiger partial charge on any atom is 0.433 e. The number of aromatic hydroxyl groups is 1. The second kappa shape index (κ2) is 10.7. The number of hydrogen-bond acceptors (Lipinski definition) is 7. The van der Waals surface area contributed by atoms with Crippen LogP contribution in [-0.4, -0.2) is 65.9 Å². The summed E-state index contributed by atoms with van der Waals surface area (Å²) in [6.07, 6.45) is -3.48. The van der Waals surface area contributed by atoms with Crippen LogP contribution in [-0.2, 0) is 25.4 Å². The number of halogens is 8. The number of nitrogens with zero attached hydrogens (tertiary/aromatic N) is 4. The smallest absolute Gasteiger partial charge is 0.433 e. The van der Waals surface area contributed by atoms with Crippen molar-refractivity contribution in [1.29, 1.82) is 0 Å². The summed E-state index contributed by atoms with van der Waals surface area (Å²) in [5.41, 5.74) is -0.806. The minimum Gasteiger partial charge on any atom is -0.508 e. The maximum absolute atomic E-state index is 14.1. The molecule has 0 radical (unpaired) electrons. The second-order valence-corrected chi connectivity index (χ2v) is 13.8. The number of phenols is 1. The van der Waals surface area contributed by atoms with Crippen molar-refractivity contribution in [3.05, 3.63) is 63.3 Å². The molecule has 0 spiro atoms. The van der Waals surface area contributed by atoms with Crippen LogP contribution in [0.1, 0.15) is 30.0 Å². The first-order chi connectivity index (χ1) is 21.0. The Bertz CT molecular complexity index is 1730. The second-order valence-electron chi connectivity index (χ2n) is 11.2. The topological polar surface area (TPSA) is 111 Å². The molecule has 3 fully saturated rings. The molecule has 238 valence electrons. The van der Waals surface area contributed by atoms with Crippen molar-refractivity contribution >= 4 is 91.8 Å². The van der Waals surface area contributed by atoms with Gasteiger partial charge in [-0.05, 0) is 48.6 Å². The Labute approximate surface area is 281 Å². The molecule has 6 rings (SSSR count). The van der Waals surface area contributed by atoms with E-state index < -0.39 is 74.7 Å². The number of benzene rings is 1. The third-order valence-electron chi connectivity index (χ3n) is 9.01. The van der Waals surface area contributed by atoms with E-state index in [9.17, 15) is 37.5 Å². The highest BCUT2D eigenvalue weighted by molar-refractivity contribution is 9.09. The Morgan fingerprint density at radius 3 is 2.36 bits per heavy atom. The minimum atomic E-state index is -4.82. The Morgan fingerprint density at radius 2 is 1.73 bits per heavy atom. The molecule has 1 saturated carbocycles. The lowest BCUT2D eigenvalue weighted by molar-refractivity contribution is -0.142. The fraction of sp³-hybridized carbons (Fsp3) is 0.393. The normalized spacial score (nSPS) is 31.2. The van der Waals surface area contributed by atoms with Crippen LogP contribution >= 0.6 is 62.3 Å². The fourth-order valence-corrected chi connectivity index (χ4v) is 8.97. The van der Waals surface area contributed by atoms with E-state index in [1.807, 2.05) is 0 Å². The van der Waals surface area contributed by atoms with Crippen LogP contribution in [0.2, 0.25) is 10.0 Å². The number of pyridine rings is 1. The van der Waals surface area contributed by atoms with Gasteiger partial charge in [0.15, 0.2) is 15.6 Å². The number of anilines is 1. The van der Waals surface area contributed by atoms with E-state index in [0.717, 1.165) is 16.0 Å². The van der Waals surface area contributed by atoms with Crippen LogP contribution in [0.3, 0.4) is 0 Å². The van der Waals surface area contributed by atoms with Gasteiger partial charge in [0, 0.05) is 18.0 Å². The predicted octanol–water partition coefficient (Wildman–Crippen LogP) is 5.88. The number of rotatable bonds is 4. The van der Waals surface area contributed by atoms with Crippen molar-refractivity contribution in [2.75, 3.05) is 17.5 Å². The molecule has 1 aromatic heterocycles. The number of carbonyl (C=O) groups is 4. The van der Waals surface area contributed by atoms with Gasteiger partial charge < -0.3 is 5.11 Å². The Kier molecular flexibility index (Phi) is 7.72. The molecular weight excluding hydrogens is 751 g/mol. The average Bonchev–Trinajstić information content (AvgIpc) is 3.30. The summed E-state index contributed by atoms with van der Waals surface area (Å²) in [6, 6.07) is 5.64. The number of hydrazine groups is 1. The lowest BCUT2D eigenvalue weighted by Gasteiger charge is -2.51. The van der Waals surface area contributed by atoms with E-state index in [2.05, 4.69) is 20.9 Å². The Morgan fingerprint density at radius 1 is 1.04 bits per heavy atom. The van der Waals surface area contributed by atoms with Gasteiger partial charge in [-0.1, -0.05) is 56.8 Å². The number of hydrogen-bond donors (Lipinski definition) is 1. The molecule has 2 aliphatic heterocycles. The summed E-state index contributed by atoms with van der Waals surface area (Å²) in [5, 5.41) is 11.4. The van der Waals surface area contributed by atoms with Gasteiger partial charge in [0.25, 0.3) is 23.6 Å². The number of carbonyl (C=O) groups excluding carboxylic acids is 4. The molecule has 45 heavy (non-hydrogen) atoms. The van der Waals surface area contributed by atoms with Gasteiger partial charge in [0.2, 0.25) is 0 Å². The Hall–Kier alpha value is -2.58. The van der Waals surface area contributed by atoms with Crippen LogP contribution in [0.4, 0.5) is 19.0 Å². The number of alkyl halides is 6. The number of phenolic OH excluding ortho intramolecular Hbond substituents is 1. The van der Waals surface area contributed by atoms with Gasteiger partial charge in [-0.2, -0.15) is 18.2 Å². The van der Waals surface area contributed by atoms with Gasteiger partial charge in [-0.3, -0.25) is 29.1 Å². The summed E-state index contributed by atoms with van der Waals surface area (Å²) in [4.78, 5) is 55.7.